The fourth-order valence-corrected chi connectivity index (χ4v) is 3.45. The molecule has 0 saturated heterocycles. The Balaban J connectivity index is 1.94. The molecule has 0 bridgehead atoms. The highest BCUT2D eigenvalue weighted by atomic mass is 32.1. The lowest BCUT2D eigenvalue weighted by Gasteiger charge is -2.25. The minimum absolute atomic E-state index is 0.287. The van der Waals surface area contributed by atoms with Crippen molar-refractivity contribution in [3.63, 3.8) is 0 Å². The Bertz CT molecular complexity index is 497. The number of nitrogens with one attached hydrogen (secondary N) is 1. The van der Waals surface area contributed by atoms with Crippen molar-refractivity contribution in [1.82, 2.24) is 4.37 Å². The maximum absolute atomic E-state index is 4.47. The normalized spacial score (nSPS) is 19.1. The molecule has 2 nitrogen and oxygen atoms in total. The van der Waals surface area contributed by atoms with Crippen LogP contribution >= 0.6 is 11.5 Å². The third kappa shape index (κ3) is 1.69. The predicted octanol–water partition coefficient (Wildman–Crippen LogP) is 4.04. The molecule has 1 aromatic heterocycles. The number of hydrogen-bond donors (Lipinski definition) is 1. The first-order valence-electron chi connectivity index (χ1n) is 5.89. The summed E-state index contributed by atoms with van der Waals surface area (Å²) < 4.78 is 4.47. The Kier molecular flexibility index (Phi) is 2.36. The third-order valence-corrected chi connectivity index (χ3v) is 4.30. The topological polar surface area (TPSA) is 24.9 Å². The number of benzene rings is 1. The second-order valence-corrected chi connectivity index (χ2v) is 5.70. The van der Waals surface area contributed by atoms with E-state index in [2.05, 4.69) is 34.8 Å². The van der Waals surface area contributed by atoms with E-state index in [1.807, 2.05) is 6.07 Å². The Morgan fingerprint density at radius 3 is 2.81 bits per heavy atom. The summed E-state index contributed by atoms with van der Waals surface area (Å²) in [5.41, 5.74) is 1.39. The molecule has 1 heterocycles. The molecule has 0 unspecified atom stereocenters. The van der Waals surface area contributed by atoms with Crippen LogP contribution in [-0.2, 0) is 0 Å². The Morgan fingerprint density at radius 1 is 1.25 bits per heavy atom. The lowest BCUT2D eigenvalue weighted by molar-refractivity contribution is 0.535. The minimum atomic E-state index is 0.287. The van der Waals surface area contributed by atoms with E-state index in [0.29, 0.717) is 0 Å². The minimum Gasteiger partial charge on any atom is -0.370 e. The third-order valence-electron chi connectivity index (χ3n) is 3.51. The molecule has 1 N–H and O–H groups in total. The van der Waals surface area contributed by atoms with Crippen molar-refractivity contribution < 1.29 is 0 Å². The van der Waals surface area contributed by atoms with Gasteiger partial charge in [-0.2, -0.15) is 4.37 Å². The van der Waals surface area contributed by atoms with Gasteiger partial charge in [0, 0.05) is 10.9 Å². The highest BCUT2D eigenvalue weighted by Gasteiger charge is 2.29. The molecule has 84 valence electrons. The average molecular weight is 232 g/mol. The van der Waals surface area contributed by atoms with Gasteiger partial charge in [0.25, 0.3) is 0 Å². The van der Waals surface area contributed by atoms with Gasteiger partial charge in [0.2, 0.25) is 0 Å². The molecule has 1 fully saturated rings. The van der Waals surface area contributed by atoms with Gasteiger partial charge in [0.15, 0.2) is 0 Å². The monoisotopic (exact) mass is 232 g/mol. The second-order valence-electron chi connectivity index (χ2n) is 4.92. The molecule has 0 atom stereocenters. The molecule has 2 aromatic rings. The fourth-order valence-electron chi connectivity index (χ4n) is 2.53. The van der Waals surface area contributed by atoms with E-state index in [9.17, 15) is 0 Å². The van der Waals surface area contributed by atoms with Crippen LogP contribution in [0.1, 0.15) is 32.6 Å². The summed E-state index contributed by atoms with van der Waals surface area (Å²) in [6.07, 6.45) is 5.25. The van der Waals surface area contributed by atoms with E-state index < -0.39 is 0 Å². The van der Waals surface area contributed by atoms with Gasteiger partial charge in [-0.05, 0) is 43.4 Å². The van der Waals surface area contributed by atoms with Gasteiger partial charge in [-0.3, -0.25) is 0 Å². The van der Waals surface area contributed by atoms with Crippen LogP contribution < -0.4 is 5.32 Å². The maximum Gasteiger partial charge on any atom is 0.117 e. The van der Waals surface area contributed by atoms with Crippen molar-refractivity contribution in [2.45, 2.75) is 38.1 Å². The molecule has 1 aliphatic carbocycles. The molecule has 1 aliphatic rings. The van der Waals surface area contributed by atoms with E-state index in [-0.39, 0.29) is 5.54 Å². The Morgan fingerprint density at radius 2 is 2.00 bits per heavy atom. The number of aromatic nitrogens is 1. The van der Waals surface area contributed by atoms with Crippen molar-refractivity contribution in [3.05, 3.63) is 24.3 Å². The largest absolute Gasteiger partial charge is 0.370 e. The summed E-state index contributed by atoms with van der Waals surface area (Å²) in [7, 11) is 0. The Labute approximate surface area is 99.8 Å². The molecular formula is C13H16N2S. The molecule has 0 amide bonds. The molecule has 1 aromatic carbocycles. The van der Waals surface area contributed by atoms with Crippen molar-refractivity contribution >= 4 is 27.4 Å². The van der Waals surface area contributed by atoms with Gasteiger partial charge < -0.3 is 5.32 Å². The molecule has 0 aliphatic heterocycles. The van der Waals surface area contributed by atoms with E-state index in [4.69, 9.17) is 0 Å². The van der Waals surface area contributed by atoms with Crippen LogP contribution in [0.5, 0.6) is 0 Å². The molecule has 16 heavy (non-hydrogen) atoms. The van der Waals surface area contributed by atoms with Gasteiger partial charge in [-0.15, -0.1) is 0 Å². The predicted molar refractivity (Wildman–Crippen MR) is 70.1 cm³/mol. The number of fused-ring (bicyclic) bond motifs is 1. The molecule has 1 saturated carbocycles. The van der Waals surface area contributed by atoms with Gasteiger partial charge in [0.05, 0.1) is 5.52 Å². The van der Waals surface area contributed by atoms with Gasteiger partial charge >= 0.3 is 0 Å². The smallest absolute Gasteiger partial charge is 0.117 e. The summed E-state index contributed by atoms with van der Waals surface area (Å²) in [6, 6.07) is 8.36. The van der Waals surface area contributed by atoms with Crippen LogP contribution in [0.4, 0.5) is 5.00 Å². The highest BCUT2D eigenvalue weighted by Crippen LogP contribution is 2.36. The van der Waals surface area contributed by atoms with Crippen molar-refractivity contribution in [2.75, 3.05) is 5.32 Å². The molecule has 0 radical (unpaired) electrons. The molecular weight excluding hydrogens is 216 g/mol. The number of hydrogen-bond acceptors (Lipinski definition) is 3. The van der Waals surface area contributed by atoms with Crippen molar-refractivity contribution in [1.29, 1.82) is 0 Å². The standard InChI is InChI=1S/C13H16N2S/c1-13(8-4-5-9-13)14-12-10-6-2-3-7-11(10)15-16-12/h2-3,6-7,14H,4-5,8-9H2,1H3. The first kappa shape index (κ1) is 10.1. The summed E-state index contributed by atoms with van der Waals surface area (Å²) >= 11 is 1.59. The average Bonchev–Trinajstić information content (AvgIpc) is 2.87. The summed E-state index contributed by atoms with van der Waals surface area (Å²) in [5, 5.41) is 6.20. The first-order chi connectivity index (χ1) is 7.77. The van der Waals surface area contributed by atoms with Crippen molar-refractivity contribution in [3.8, 4) is 0 Å². The Hall–Kier alpha value is -1.09. The van der Waals surface area contributed by atoms with E-state index in [1.165, 1.54) is 36.1 Å². The van der Waals surface area contributed by atoms with Gasteiger partial charge in [0.1, 0.15) is 5.00 Å². The van der Waals surface area contributed by atoms with Crippen LogP contribution in [-0.4, -0.2) is 9.91 Å². The van der Waals surface area contributed by atoms with Gasteiger partial charge in [-0.1, -0.05) is 25.0 Å². The van der Waals surface area contributed by atoms with Crippen LogP contribution in [0.2, 0.25) is 0 Å². The van der Waals surface area contributed by atoms with Crippen molar-refractivity contribution in [2.24, 2.45) is 0 Å². The van der Waals surface area contributed by atoms with E-state index >= 15 is 0 Å². The van der Waals surface area contributed by atoms with E-state index in [1.54, 1.807) is 11.5 Å². The zero-order chi connectivity index (χ0) is 11.0. The lowest BCUT2D eigenvalue weighted by atomic mass is 10.0. The van der Waals surface area contributed by atoms with Gasteiger partial charge in [-0.25, -0.2) is 0 Å². The SMILES string of the molecule is CC1(Nc2snc3ccccc23)CCCC1. The highest BCUT2D eigenvalue weighted by molar-refractivity contribution is 7.11. The second kappa shape index (κ2) is 3.74. The summed E-state index contributed by atoms with van der Waals surface area (Å²) in [6.45, 7) is 2.33. The number of anilines is 1. The number of rotatable bonds is 2. The first-order valence-corrected chi connectivity index (χ1v) is 6.67. The maximum atomic E-state index is 4.47. The zero-order valence-electron chi connectivity index (χ0n) is 9.49. The summed E-state index contributed by atoms with van der Waals surface area (Å²) in [5.74, 6) is 0. The lowest BCUT2D eigenvalue weighted by Crippen LogP contribution is -2.30. The quantitative estimate of drug-likeness (QED) is 0.845. The molecule has 3 heteroatoms. The van der Waals surface area contributed by atoms with Crippen LogP contribution in [0.3, 0.4) is 0 Å². The molecule has 3 rings (SSSR count). The van der Waals surface area contributed by atoms with Crippen LogP contribution in [0, 0.1) is 0 Å². The van der Waals surface area contributed by atoms with Crippen LogP contribution in [0.25, 0.3) is 10.9 Å². The number of nitrogens with zero attached hydrogens (tertiary/aromatic N) is 1. The summed E-state index contributed by atoms with van der Waals surface area (Å²) in [4.78, 5) is 0. The molecule has 0 spiro atoms. The van der Waals surface area contributed by atoms with E-state index in [0.717, 1.165) is 5.52 Å². The zero-order valence-corrected chi connectivity index (χ0v) is 10.3. The fraction of sp³-hybridized carbons (Fsp3) is 0.462. The van der Waals surface area contributed by atoms with Crippen LogP contribution in [0.15, 0.2) is 24.3 Å².